The van der Waals surface area contributed by atoms with Gasteiger partial charge in [0.2, 0.25) is 0 Å². The summed E-state index contributed by atoms with van der Waals surface area (Å²) in [5, 5.41) is 3.91. The van der Waals surface area contributed by atoms with Crippen LogP contribution in [0.1, 0.15) is 40.6 Å². The van der Waals surface area contributed by atoms with E-state index >= 15 is 0 Å². The molecule has 29 heavy (non-hydrogen) atoms. The maximum absolute atomic E-state index is 3.91. The van der Waals surface area contributed by atoms with E-state index in [0.717, 1.165) is 16.6 Å². The van der Waals surface area contributed by atoms with Gasteiger partial charge < -0.3 is 5.32 Å². The fraction of sp³-hybridized carbons (Fsp3) is 0.231. The van der Waals surface area contributed by atoms with Crippen LogP contribution in [0, 0.1) is 12.8 Å². The van der Waals surface area contributed by atoms with E-state index in [1.807, 2.05) is 11.8 Å². The first-order chi connectivity index (χ1) is 14.2. The molecule has 3 aromatic carbocycles. The Labute approximate surface area is 185 Å². The molecule has 0 amide bonds. The summed E-state index contributed by atoms with van der Waals surface area (Å²) in [7, 11) is 0. The molecule has 146 valence electrons. The van der Waals surface area contributed by atoms with Gasteiger partial charge in [-0.3, -0.25) is 0 Å². The van der Waals surface area contributed by atoms with Crippen molar-refractivity contribution in [2.75, 3.05) is 5.32 Å². The van der Waals surface area contributed by atoms with Crippen molar-refractivity contribution in [1.29, 1.82) is 0 Å². The van der Waals surface area contributed by atoms with Crippen molar-refractivity contribution in [3.63, 3.8) is 0 Å². The molecule has 0 bridgehead atoms. The van der Waals surface area contributed by atoms with Gasteiger partial charge in [0, 0.05) is 26.7 Å². The third kappa shape index (κ3) is 3.78. The zero-order valence-corrected chi connectivity index (χ0v) is 18.8. The third-order valence-corrected chi connectivity index (χ3v) is 7.72. The molecule has 1 aliphatic heterocycles. The molecule has 0 saturated carbocycles. The number of aryl methyl sites for hydroxylation is 1. The number of benzene rings is 3. The molecule has 0 spiro atoms. The van der Waals surface area contributed by atoms with Crippen LogP contribution in [0.5, 0.6) is 0 Å². The third-order valence-electron chi connectivity index (χ3n) is 6.10. The van der Waals surface area contributed by atoms with E-state index in [2.05, 4.69) is 107 Å². The molecule has 5 rings (SSSR count). The Kier molecular flexibility index (Phi) is 5.28. The number of hydrogen-bond acceptors (Lipinski definition) is 2. The first-order valence-corrected chi connectivity index (χ1v) is 12.0. The summed E-state index contributed by atoms with van der Waals surface area (Å²) in [6.07, 6.45) is 5.95. The van der Waals surface area contributed by atoms with Crippen LogP contribution in [0.2, 0.25) is 0 Å². The number of allylic oxidation sites excluding steroid dienone is 2. The highest BCUT2D eigenvalue weighted by molar-refractivity contribution is 9.10. The van der Waals surface area contributed by atoms with Crippen LogP contribution in [0.15, 0.2) is 88.3 Å². The predicted molar refractivity (Wildman–Crippen MR) is 128 cm³/mol. The van der Waals surface area contributed by atoms with Crippen molar-refractivity contribution in [1.82, 2.24) is 0 Å². The number of nitrogens with one attached hydrogen (secondary N) is 1. The maximum atomic E-state index is 3.91. The molecule has 1 heterocycles. The lowest BCUT2D eigenvalue weighted by molar-refractivity contribution is 0.425. The Morgan fingerprint density at radius 2 is 1.83 bits per heavy atom. The second kappa shape index (κ2) is 8.04. The summed E-state index contributed by atoms with van der Waals surface area (Å²) < 4.78 is 1.13. The predicted octanol–water partition coefficient (Wildman–Crippen LogP) is 7.88. The van der Waals surface area contributed by atoms with E-state index in [1.165, 1.54) is 32.8 Å². The van der Waals surface area contributed by atoms with Gasteiger partial charge in [0.1, 0.15) is 0 Å². The molecule has 0 aromatic heterocycles. The molecule has 3 atom stereocenters. The first-order valence-electron chi connectivity index (χ1n) is 10.2. The van der Waals surface area contributed by atoms with Crippen molar-refractivity contribution in [3.05, 3.63) is 106 Å². The molecule has 0 fully saturated rings. The fourth-order valence-electron chi connectivity index (χ4n) is 4.73. The Balaban J connectivity index is 1.46. The highest BCUT2D eigenvalue weighted by Crippen LogP contribution is 2.51. The summed E-state index contributed by atoms with van der Waals surface area (Å²) in [5.41, 5.74) is 6.95. The number of fused-ring (bicyclic) bond motifs is 3. The van der Waals surface area contributed by atoms with E-state index in [-0.39, 0.29) is 0 Å². The summed E-state index contributed by atoms with van der Waals surface area (Å²) >= 11 is 5.48. The SMILES string of the molecule is Cc1cc(CSc2ccccc2)cc2c1N[C@H](c1ccc(Br)cc1)[C@@H]1CC=C[C@H]21. The van der Waals surface area contributed by atoms with Gasteiger partial charge in [-0.1, -0.05) is 70.5 Å². The van der Waals surface area contributed by atoms with Crippen molar-refractivity contribution < 1.29 is 0 Å². The van der Waals surface area contributed by atoms with Crippen LogP contribution in [-0.2, 0) is 5.75 Å². The molecule has 0 unspecified atom stereocenters. The number of rotatable bonds is 4. The number of halogens is 1. The number of thioether (sulfide) groups is 1. The second-order valence-electron chi connectivity index (χ2n) is 8.01. The van der Waals surface area contributed by atoms with Crippen molar-refractivity contribution >= 4 is 33.4 Å². The second-order valence-corrected chi connectivity index (χ2v) is 9.97. The van der Waals surface area contributed by atoms with Crippen LogP contribution in [0.4, 0.5) is 5.69 Å². The smallest absolute Gasteiger partial charge is 0.0554 e. The zero-order valence-electron chi connectivity index (χ0n) is 16.4. The lowest BCUT2D eigenvalue weighted by Gasteiger charge is -2.38. The van der Waals surface area contributed by atoms with E-state index < -0.39 is 0 Å². The summed E-state index contributed by atoms with van der Waals surface area (Å²) in [4.78, 5) is 1.33. The first kappa shape index (κ1) is 19.0. The molecular formula is C26H24BrNS. The van der Waals surface area contributed by atoms with Gasteiger partial charge in [0.05, 0.1) is 6.04 Å². The van der Waals surface area contributed by atoms with E-state index in [1.54, 1.807) is 0 Å². The highest BCUT2D eigenvalue weighted by Gasteiger charge is 2.38. The topological polar surface area (TPSA) is 12.0 Å². The van der Waals surface area contributed by atoms with Crippen LogP contribution < -0.4 is 5.32 Å². The van der Waals surface area contributed by atoms with Crippen LogP contribution >= 0.6 is 27.7 Å². The van der Waals surface area contributed by atoms with Crippen LogP contribution in [0.25, 0.3) is 0 Å². The average Bonchev–Trinajstić information content (AvgIpc) is 3.24. The molecular weight excluding hydrogens is 438 g/mol. The number of hydrogen-bond donors (Lipinski definition) is 1. The maximum Gasteiger partial charge on any atom is 0.0554 e. The highest BCUT2D eigenvalue weighted by atomic mass is 79.9. The van der Waals surface area contributed by atoms with Crippen LogP contribution in [-0.4, -0.2) is 0 Å². The molecule has 2 aliphatic rings. The molecule has 1 aliphatic carbocycles. The van der Waals surface area contributed by atoms with Crippen molar-refractivity contribution in [2.45, 2.75) is 36.0 Å². The minimum absolute atomic E-state index is 0.360. The van der Waals surface area contributed by atoms with E-state index in [0.29, 0.717) is 17.9 Å². The molecule has 1 N–H and O–H groups in total. The van der Waals surface area contributed by atoms with Crippen molar-refractivity contribution in [3.8, 4) is 0 Å². The minimum Gasteiger partial charge on any atom is -0.377 e. The normalized spacial score (nSPS) is 22.1. The lowest BCUT2D eigenvalue weighted by Crippen LogP contribution is -2.29. The quantitative estimate of drug-likeness (QED) is 0.313. The minimum atomic E-state index is 0.360. The fourth-order valence-corrected chi connectivity index (χ4v) is 5.84. The standard InChI is InChI=1S/C26H24BrNS/c1-17-14-18(16-29-21-6-3-2-4-7-21)15-24-22-8-5-9-23(22)26(28-25(17)24)19-10-12-20(27)13-11-19/h2-8,10-15,22-23,26,28H,9,16H2,1H3/t22-,23+,26+/m0/s1. The van der Waals surface area contributed by atoms with E-state index in [4.69, 9.17) is 0 Å². The molecule has 1 nitrogen and oxygen atoms in total. The lowest BCUT2D eigenvalue weighted by atomic mass is 9.76. The van der Waals surface area contributed by atoms with Gasteiger partial charge in [-0.05, 0) is 65.8 Å². The molecule has 3 aromatic rings. The molecule has 3 heteroatoms. The van der Waals surface area contributed by atoms with Crippen molar-refractivity contribution in [2.24, 2.45) is 5.92 Å². The van der Waals surface area contributed by atoms with Gasteiger partial charge in [-0.25, -0.2) is 0 Å². The Morgan fingerprint density at radius 3 is 2.62 bits per heavy atom. The summed E-state index contributed by atoms with van der Waals surface area (Å²) in [6, 6.07) is 24.7. The largest absolute Gasteiger partial charge is 0.377 e. The summed E-state index contributed by atoms with van der Waals surface area (Å²) in [6.45, 7) is 2.25. The Bertz CT molecular complexity index is 1040. The van der Waals surface area contributed by atoms with Gasteiger partial charge in [-0.15, -0.1) is 11.8 Å². The molecule has 0 saturated heterocycles. The Morgan fingerprint density at radius 1 is 1.03 bits per heavy atom. The van der Waals surface area contributed by atoms with Gasteiger partial charge in [0.15, 0.2) is 0 Å². The number of anilines is 1. The van der Waals surface area contributed by atoms with Crippen LogP contribution in [0.3, 0.4) is 0 Å². The average molecular weight is 462 g/mol. The van der Waals surface area contributed by atoms with E-state index in [9.17, 15) is 0 Å². The van der Waals surface area contributed by atoms with Gasteiger partial charge in [-0.2, -0.15) is 0 Å². The van der Waals surface area contributed by atoms with Gasteiger partial charge >= 0.3 is 0 Å². The monoisotopic (exact) mass is 461 g/mol. The Hall–Kier alpha value is -1.97. The molecule has 0 radical (unpaired) electrons. The summed E-state index contributed by atoms with van der Waals surface area (Å²) in [5.74, 6) is 2.09. The zero-order chi connectivity index (χ0) is 19.8. The van der Waals surface area contributed by atoms with Gasteiger partial charge in [0.25, 0.3) is 0 Å².